The molecule has 0 fully saturated rings. The number of primary amides is 1. The molecule has 0 saturated heterocycles. The van der Waals surface area contributed by atoms with Crippen molar-refractivity contribution < 1.29 is 29.4 Å². The zero-order valence-corrected chi connectivity index (χ0v) is 19.5. The Kier molecular flexibility index (Phi) is 9.58. The lowest BCUT2D eigenvalue weighted by atomic mass is 10.00. The van der Waals surface area contributed by atoms with Gasteiger partial charge in [-0.2, -0.15) is 0 Å². The number of nitrogens with two attached hydrogens (primary N) is 1. The first kappa shape index (κ1) is 26.8. The molecule has 0 saturated carbocycles. The van der Waals surface area contributed by atoms with Gasteiger partial charge in [-0.3, -0.25) is 24.5 Å². The van der Waals surface area contributed by atoms with E-state index in [4.69, 9.17) is 5.73 Å². The molecule has 0 spiro atoms. The summed E-state index contributed by atoms with van der Waals surface area (Å²) in [4.78, 5) is 52.0. The van der Waals surface area contributed by atoms with Crippen LogP contribution in [0.2, 0.25) is 0 Å². The first-order valence-electron chi connectivity index (χ1n) is 11.1. The molecule has 0 bridgehead atoms. The summed E-state index contributed by atoms with van der Waals surface area (Å²) in [6, 6.07) is 3.23. The first-order valence-corrected chi connectivity index (χ1v) is 11.1. The van der Waals surface area contributed by atoms with E-state index in [1.807, 2.05) is 38.1 Å². The van der Waals surface area contributed by atoms with Gasteiger partial charge >= 0.3 is 5.97 Å². The number of carboxylic acids is 1. The molecule has 4 atom stereocenters. The topological polar surface area (TPSA) is 187 Å². The quantitative estimate of drug-likeness (QED) is 0.206. The number of fused-ring (bicyclic) bond motifs is 1. The average Bonchev–Trinajstić information content (AvgIpc) is 3.18. The van der Waals surface area contributed by atoms with E-state index in [1.165, 1.54) is 6.92 Å². The van der Waals surface area contributed by atoms with Crippen molar-refractivity contribution in [1.29, 1.82) is 0 Å². The summed E-state index contributed by atoms with van der Waals surface area (Å²) in [5.74, 6) is -3.26. The van der Waals surface area contributed by atoms with E-state index in [0.717, 1.165) is 16.5 Å². The third-order valence-electron chi connectivity index (χ3n) is 5.42. The number of H-pyrrole nitrogens is 1. The van der Waals surface area contributed by atoms with Crippen LogP contribution in [0, 0.1) is 5.92 Å². The molecule has 1 aromatic carbocycles. The minimum absolute atomic E-state index is 0.00942. The number of rotatable bonds is 13. The second-order valence-electron chi connectivity index (χ2n) is 8.68. The van der Waals surface area contributed by atoms with Crippen molar-refractivity contribution in [1.82, 2.24) is 20.9 Å². The number of aliphatic carboxylic acids is 1. The van der Waals surface area contributed by atoms with Gasteiger partial charge in [0.1, 0.15) is 18.1 Å². The fraction of sp³-hybridized carbons (Fsp3) is 0.478. The zero-order chi connectivity index (χ0) is 25.4. The molecule has 11 heteroatoms. The van der Waals surface area contributed by atoms with Crippen molar-refractivity contribution in [3.63, 3.8) is 0 Å². The van der Waals surface area contributed by atoms with E-state index in [1.54, 1.807) is 6.20 Å². The Balaban J connectivity index is 2.26. The number of carbonyl (C=O) groups excluding carboxylic acids is 3. The predicted octanol–water partition coefficient (Wildman–Crippen LogP) is -0.365. The molecule has 3 amide bonds. The maximum absolute atomic E-state index is 13.3. The molecule has 186 valence electrons. The normalized spacial score (nSPS) is 14.9. The number of benzene rings is 1. The maximum Gasteiger partial charge on any atom is 0.320 e. The van der Waals surface area contributed by atoms with Crippen LogP contribution in [0.15, 0.2) is 30.5 Å². The Morgan fingerprint density at radius 1 is 1.00 bits per heavy atom. The van der Waals surface area contributed by atoms with Gasteiger partial charge in [-0.15, -0.1) is 0 Å². The number of aromatic nitrogens is 1. The summed E-state index contributed by atoms with van der Waals surface area (Å²) in [5.41, 5.74) is 6.86. The van der Waals surface area contributed by atoms with E-state index >= 15 is 0 Å². The standard InChI is InChI=1S/C23H33N5O6/c1-12(2)8-17(21(31)28-19(11-29)20(24)30)27-22(32)18(26-13(3)23(33)34)9-14-10-25-16-7-5-4-6-15(14)16/h4-7,10,12-13,17-19,25-26,29H,8-9,11H2,1-3H3,(H2,24,30)(H,27,32)(H,28,31)(H,33,34)/t13?,17-,18-,19-/m0/s1. The highest BCUT2D eigenvalue weighted by atomic mass is 16.4. The number of amides is 3. The van der Waals surface area contributed by atoms with E-state index in [2.05, 4.69) is 20.9 Å². The molecular formula is C23H33N5O6. The second-order valence-corrected chi connectivity index (χ2v) is 8.68. The van der Waals surface area contributed by atoms with Gasteiger partial charge in [0.2, 0.25) is 17.7 Å². The Bertz CT molecular complexity index is 1020. The fourth-order valence-electron chi connectivity index (χ4n) is 3.58. The number of carboxylic acid groups (broad SMARTS) is 1. The molecule has 2 rings (SSSR count). The minimum atomic E-state index is -1.29. The lowest BCUT2D eigenvalue weighted by Crippen LogP contribution is -2.58. The largest absolute Gasteiger partial charge is 0.480 e. The van der Waals surface area contributed by atoms with E-state index in [0.29, 0.717) is 0 Å². The summed E-state index contributed by atoms with van der Waals surface area (Å²) in [7, 11) is 0. The molecule has 0 radical (unpaired) electrons. The van der Waals surface area contributed by atoms with E-state index in [-0.39, 0.29) is 18.8 Å². The van der Waals surface area contributed by atoms with Gasteiger partial charge < -0.3 is 31.6 Å². The summed E-state index contributed by atoms with van der Waals surface area (Å²) in [6.45, 7) is 4.47. The van der Waals surface area contributed by atoms with Gasteiger partial charge in [0.25, 0.3) is 0 Å². The maximum atomic E-state index is 13.3. The van der Waals surface area contributed by atoms with Crippen molar-refractivity contribution in [2.75, 3.05) is 6.61 Å². The van der Waals surface area contributed by atoms with Gasteiger partial charge in [-0.1, -0.05) is 32.0 Å². The van der Waals surface area contributed by atoms with Gasteiger partial charge in [0, 0.05) is 17.1 Å². The molecule has 0 aliphatic carbocycles. The van der Waals surface area contributed by atoms with Crippen molar-refractivity contribution in [3.05, 3.63) is 36.0 Å². The van der Waals surface area contributed by atoms with Crippen LogP contribution in [0.3, 0.4) is 0 Å². The van der Waals surface area contributed by atoms with Crippen molar-refractivity contribution >= 4 is 34.6 Å². The van der Waals surface area contributed by atoms with Crippen LogP contribution in [0.5, 0.6) is 0 Å². The monoisotopic (exact) mass is 475 g/mol. The van der Waals surface area contributed by atoms with Crippen molar-refractivity contribution in [2.45, 2.75) is 57.8 Å². The van der Waals surface area contributed by atoms with Gasteiger partial charge in [-0.25, -0.2) is 0 Å². The third kappa shape index (κ3) is 7.29. The third-order valence-corrected chi connectivity index (χ3v) is 5.42. The number of nitrogens with one attached hydrogen (secondary N) is 4. The molecule has 11 nitrogen and oxygen atoms in total. The van der Waals surface area contributed by atoms with E-state index < -0.39 is 54.5 Å². The summed E-state index contributed by atoms with van der Waals surface area (Å²) < 4.78 is 0. The van der Waals surface area contributed by atoms with Gasteiger partial charge in [0.15, 0.2) is 0 Å². The van der Waals surface area contributed by atoms with Crippen molar-refractivity contribution in [2.24, 2.45) is 11.7 Å². The number of aromatic amines is 1. The predicted molar refractivity (Wildman–Crippen MR) is 126 cm³/mol. The fourth-order valence-corrected chi connectivity index (χ4v) is 3.58. The number of para-hydroxylation sites is 1. The number of hydrogen-bond acceptors (Lipinski definition) is 6. The Morgan fingerprint density at radius 3 is 2.21 bits per heavy atom. The lowest BCUT2D eigenvalue weighted by Gasteiger charge is -2.26. The van der Waals surface area contributed by atoms with Gasteiger partial charge in [0.05, 0.1) is 12.6 Å². The minimum Gasteiger partial charge on any atom is -0.480 e. The average molecular weight is 476 g/mol. The molecule has 0 aliphatic heterocycles. The highest BCUT2D eigenvalue weighted by Crippen LogP contribution is 2.19. The zero-order valence-electron chi connectivity index (χ0n) is 19.5. The molecule has 1 heterocycles. The molecule has 1 unspecified atom stereocenters. The summed E-state index contributed by atoms with van der Waals surface area (Å²) >= 11 is 0. The van der Waals surface area contributed by atoms with Crippen LogP contribution in [-0.2, 0) is 25.6 Å². The SMILES string of the molecule is CC(C)C[C@H](NC(=O)[C@H](Cc1c[nH]c2ccccc12)NC(C)C(=O)O)C(=O)N[C@@H](CO)C(N)=O. The molecule has 2 aromatic rings. The number of hydrogen-bond donors (Lipinski definition) is 7. The highest BCUT2D eigenvalue weighted by Gasteiger charge is 2.30. The Hall–Kier alpha value is -3.44. The number of carbonyl (C=O) groups is 4. The molecule has 1 aromatic heterocycles. The molecule has 0 aliphatic rings. The highest BCUT2D eigenvalue weighted by molar-refractivity contribution is 5.93. The van der Waals surface area contributed by atoms with Crippen LogP contribution in [0.1, 0.15) is 32.8 Å². The second kappa shape index (κ2) is 12.1. The van der Waals surface area contributed by atoms with Crippen molar-refractivity contribution in [3.8, 4) is 0 Å². The Labute approximate surface area is 197 Å². The van der Waals surface area contributed by atoms with Gasteiger partial charge in [-0.05, 0) is 37.3 Å². The van der Waals surface area contributed by atoms with Crippen LogP contribution in [-0.4, -0.2) is 69.7 Å². The number of aliphatic hydroxyl groups is 1. The lowest BCUT2D eigenvalue weighted by molar-refractivity contribution is -0.139. The molecule has 34 heavy (non-hydrogen) atoms. The number of aliphatic hydroxyl groups excluding tert-OH is 1. The summed E-state index contributed by atoms with van der Waals surface area (Å²) in [5, 5.41) is 27.4. The Morgan fingerprint density at radius 2 is 1.62 bits per heavy atom. The van der Waals surface area contributed by atoms with Crippen LogP contribution < -0.4 is 21.7 Å². The molecular weight excluding hydrogens is 442 g/mol. The van der Waals surface area contributed by atoms with Crippen LogP contribution in [0.4, 0.5) is 0 Å². The van der Waals surface area contributed by atoms with E-state index in [9.17, 15) is 29.4 Å². The first-order chi connectivity index (χ1) is 16.0. The van der Waals surface area contributed by atoms with Crippen LogP contribution >= 0.6 is 0 Å². The molecule has 8 N–H and O–H groups in total. The van der Waals surface area contributed by atoms with Crippen LogP contribution in [0.25, 0.3) is 10.9 Å². The summed E-state index contributed by atoms with van der Waals surface area (Å²) in [6.07, 6.45) is 2.18. The smallest absolute Gasteiger partial charge is 0.320 e.